The van der Waals surface area contributed by atoms with E-state index in [0.29, 0.717) is 0 Å². The molecular weight excluding hydrogens is 1880 g/mol. The minimum Gasteiger partial charge on any atom is -0.479 e. The van der Waals surface area contributed by atoms with Crippen LogP contribution < -0.4 is 26.6 Å². The van der Waals surface area contributed by atoms with Gasteiger partial charge < -0.3 is 274 Å². The van der Waals surface area contributed by atoms with Crippen molar-refractivity contribution in [1.29, 1.82) is 0 Å². The SMILES string of the molecule is CC(=O)N[C@@H]1[C@@H](O)[C@H](O[C@@H]2O[C@H](CO)[C@@H](O[C@@H]3O[C@H](CO[C@H]4O[C@H](CO)[C@@H](O)[C@H](O)[C@@H]4O[C@@H]4O[C@H](CO)[C@@H](O)[C@H](O)[C@H]4NC(C)=O)[C@@H](O)[C@H](O[C@H]4O[C@H](CO)[C@@H](O[C@@H]5O[C@H](CO)[C@@H](O[C@@H]6O[C@H](CO)[C@H](O)[C@H](O[C@@H]7O[C@H](C(=O)O)[C@@H](O)[C@H](O)[C@H]7O)[C@H]6O)[C@H](O)[C@H]5NC(C)=O)[C@H](O)[C@@H]4O[C@@H]4O[C@H](CO)[C@@H](O)[C@H](O)[C@H]4NC(C)=O)[C@@H]3O)[C@H](O)[C@H]2NC(C)=O)[C@@H](CO[C@@H]2O[C@@H](C)[C@@H](O)[C@@H](O)[C@@H]2O)O[C@H]1O. The van der Waals surface area contributed by atoms with Crippen LogP contribution in [0.25, 0.3) is 0 Å². The number of carbonyl (C=O) groups is 6. The molecule has 0 aromatic carbocycles. The van der Waals surface area contributed by atoms with E-state index in [1.165, 1.54) is 6.92 Å². The predicted molar refractivity (Wildman–Crippen MR) is 419 cm³/mol. The van der Waals surface area contributed by atoms with Gasteiger partial charge in [0.2, 0.25) is 29.5 Å². The summed E-state index contributed by atoms with van der Waals surface area (Å²) >= 11 is 0. The Morgan fingerprint density at radius 2 is 0.511 bits per heavy atom. The Morgan fingerprint density at radius 3 is 0.942 bits per heavy atom. The summed E-state index contributed by atoms with van der Waals surface area (Å²) in [6.07, 6.45) is -109. The number of hydrogen-bond acceptors (Lipinski definition) is 55. The first-order valence-corrected chi connectivity index (χ1v) is 43.5. The lowest BCUT2D eigenvalue weighted by Crippen LogP contribution is -2.71. The zero-order chi connectivity index (χ0) is 101. The average molecular weight is 2000 g/mol. The molecule has 0 unspecified atom stereocenters. The third-order valence-corrected chi connectivity index (χ3v) is 24.9. The third-order valence-electron chi connectivity index (χ3n) is 24.9. The predicted octanol–water partition coefficient (Wildman–Crippen LogP) is -23.1. The summed E-state index contributed by atoms with van der Waals surface area (Å²) in [5.74, 6) is -6.73. The number of ether oxygens (including phenoxy) is 21. The summed E-state index contributed by atoms with van der Waals surface area (Å²) in [5.41, 5.74) is 0. The Balaban J connectivity index is 0.949. The molecule has 34 N–H and O–H groups in total. The maximum Gasteiger partial charge on any atom is 0.335 e. The van der Waals surface area contributed by atoms with Gasteiger partial charge in [-0.3, -0.25) is 24.0 Å². The molecule has 11 saturated heterocycles. The highest BCUT2D eigenvalue weighted by Gasteiger charge is 2.63. The zero-order valence-corrected chi connectivity index (χ0v) is 73.6. The molecule has 0 aliphatic carbocycles. The van der Waals surface area contributed by atoms with Crippen molar-refractivity contribution in [1.82, 2.24) is 26.6 Å². The summed E-state index contributed by atoms with van der Waals surface area (Å²) in [6, 6.07) is -9.81. The van der Waals surface area contributed by atoms with Crippen molar-refractivity contribution in [2.24, 2.45) is 0 Å². The van der Waals surface area contributed by atoms with Crippen LogP contribution in [0, 0.1) is 0 Å². The molecular formula is C76H125N5O56. The van der Waals surface area contributed by atoms with Gasteiger partial charge >= 0.3 is 5.97 Å². The Kier molecular flexibility index (Phi) is 39.9. The first-order chi connectivity index (χ1) is 64.7. The fourth-order valence-corrected chi connectivity index (χ4v) is 17.7. The van der Waals surface area contributed by atoms with E-state index in [2.05, 4.69) is 26.6 Å². The second kappa shape index (κ2) is 48.7. The quantitative estimate of drug-likeness (QED) is 0.0280. The van der Waals surface area contributed by atoms with E-state index in [0.717, 1.165) is 34.6 Å². The molecule has 0 radical (unpaired) electrons. The number of aliphatic hydroxyl groups excluding tert-OH is 28. The molecule has 11 rings (SSSR count). The van der Waals surface area contributed by atoms with E-state index in [4.69, 9.17) is 99.5 Å². The number of aliphatic hydroxyl groups is 28. The van der Waals surface area contributed by atoms with Crippen molar-refractivity contribution in [2.45, 2.75) is 379 Å². The average Bonchev–Trinajstić information content (AvgIpc) is 0.759. The van der Waals surface area contributed by atoms with Gasteiger partial charge in [-0.2, -0.15) is 0 Å². The number of carbonyl (C=O) groups excluding carboxylic acids is 5. The highest BCUT2D eigenvalue weighted by Crippen LogP contribution is 2.42. The monoisotopic (exact) mass is 2000 g/mol. The zero-order valence-electron chi connectivity index (χ0n) is 73.6. The van der Waals surface area contributed by atoms with Crippen LogP contribution in [0.1, 0.15) is 41.5 Å². The van der Waals surface area contributed by atoms with E-state index in [1.54, 1.807) is 0 Å². The van der Waals surface area contributed by atoms with Gasteiger partial charge in [-0.1, -0.05) is 0 Å². The maximum atomic E-state index is 13.4. The summed E-state index contributed by atoms with van der Waals surface area (Å²) in [4.78, 5) is 76.8. The number of carboxylic acid groups (broad SMARTS) is 1. The van der Waals surface area contributed by atoms with Crippen LogP contribution in [0.5, 0.6) is 0 Å². The molecule has 0 spiro atoms. The van der Waals surface area contributed by atoms with E-state index in [9.17, 15) is 177 Å². The second-order valence-corrected chi connectivity index (χ2v) is 34.6. The van der Waals surface area contributed by atoms with E-state index in [-0.39, 0.29) is 0 Å². The fraction of sp³-hybridized carbons (Fsp3) is 0.921. The van der Waals surface area contributed by atoms with Crippen LogP contribution in [0.4, 0.5) is 0 Å². The molecule has 11 aliphatic heterocycles. The summed E-state index contributed by atoms with van der Waals surface area (Å²) < 4.78 is 126. The Bertz CT molecular complexity index is 3860. The van der Waals surface area contributed by atoms with Crippen molar-refractivity contribution in [3.63, 3.8) is 0 Å². The van der Waals surface area contributed by atoms with Crippen molar-refractivity contribution < 1.29 is 276 Å². The molecule has 0 aromatic rings. The Hall–Kier alpha value is -5.14. The van der Waals surface area contributed by atoms with E-state index < -0.39 is 432 Å². The number of rotatable bonds is 35. The lowest BCUT2D eigenvalue weighted by atomic mass is 9.93. The molecule has 137 heavy (non-hydrogen) atoms. The van der Waals surface area contributed by atoms with E-state index >= 15 is 0 Å². The highest BCUT2D eigenvalue weighted by molar-refractivity contribution is 5.75. The standard InChI is InChI=1S/C76H125N5O56/c1-16-36(94)47(105)51(109)71(119-16)117-15-30-59(44(102)31(66(116)120-30)77-17(2)89)130-70-35(81-21(6)93)46(104)57(27(12-87)126-70)132-74-55(113)61(41(99)29(128-74)14-118-75-63(49(107)39(97)24(9-84)124-75)136-67-32(78-18(3)90)42(100)37(95)22(7-82)121-67)134-76-64(137-68-33(79-19(4)91)43(101)38(96)23(8-83)122-68)53(111)58(28(13-88)127-76)129-69-34(80-20(5)92)45(103)56(26(11-86)125-69)131-73-54(112)60(40(98)25(10-85)123-73)133-72-52(110)48(106)50(108)62(135-72)65(114)115/h16,22-64,66-76,82-88,94-113,116H,7-15H2,1-6H3,(H,77,89)(H,78,90)(H,79,91)(H,80,92)(H,81,93)(H,114,115)/t16-,22+,23+,24+,25+,26+,27+,28+,29+,30+,31+,32+,33+,34+,35+,36+,37+,38+,39+,40-,41+,42+,43+,44+,45+,46+,47+,48-,49-,50-,51-,52+,53-,54+,55-,56+,57+,58+,59+,60-,61-,62-,63-,64-,66+,67-,68-,69-,70-,71+,72+,73-,74-,75-,76+/m0/s1. The number of hydrogen-bond donors (Lipinski definition) is 34. The first-order valence-electron chi connectivity index (χ1n) is 43.5. The van der Waals surface area contributed by atoms with Gasteiger partial charge in [0.25, 0.3) is 0 Å². The van der Waals surface area contributed by atoms with Gasteiger partial charge in [-0.25, -0.2) is 4.79 Å². The molecule has 11 fully saturated rings. The molecule has 55 atom stereocenters. The fourth-order valence-electron chi connectivity index (χ4n) is 17.7. The van der Waals surface area contributed by atoms with Crippen molar-refractivity contribution >= 4 is 35.5 Å². The topological polar surface area (TPSA) is 943 Å². The minimum atomic E-state index is -2.73. The number of carboxylic acids is 1. The summed E-state index contributed by atoms with van der Waals surface area (Å²) in [7, 11) is 0. The van der Waals surface area contributed by atoms with Gasteiger partial charge in [0, 0.05) is 34.6 Å². The van der Waals surface area contributed by atoms with Gasteiger partial charge in [0.15, 0.2) is 75.3 Å². The number of amides is 5. The van der Waals surface area contributed by atoms with Crippen LogP contribution in [-0.4, -0.2) is 581 Å². The van der Waals surface area contributed by atoms with Gasteiger partial charge in [0.05, 0.1) is 65.6 Å². The lowest BCUT2D eigenvalue weighted by molar-refractivity contribution is -0.405. The second-order valence-electron chi connectivity index (χ2n) is 34.6. The van der Waals surface area contributed by atoms with Crippen molar-refractivity contribution in [3.05, 3.63) is 0 Å². The van der Waals surface area contributed by atoms with Gasteiger partial charge in [-0.05, 0) is 6.92 Å². The third kappa shape index (κ3) is 25.0. The molecule has 5 amide bonds. The van der Waals surface area contributed by atoms with Crippen LogP contribution in [0.2, 0.25) is 0 Å². The number of nitrogens with one attached hydrogen (secondary N) is 5. The van der Waals surface area contributed by atoms with Gasteiger partial charge in [-0.15, -0.1) is 0 Å². The molecule has 61 nitrogen and oxygen atoms in total. The summed E-state index contributed by atoms with van der Waals surface area (Å²) in [6.45, 7) is -4.80. The molecule has 0 aromatic heterocycles. The van der Waals surface area contributed by atoms with Crippen molar-refractivity contribution in [2.75, 3.05) is 59.5 Å². The molecule has 11 aliphatic rings. The number of aliphatic carboxylic acids is 1. The first kappa shape index (κ1) is 112. The van der Waals surface area contributed by atoms with Crippen LogP contribution >= 0.6 is 0 Å². The van der Waals surface area contributed by atoms with E-state index in [1.807, 2.05) is 0 Å². The largest absolute Gasteiger partial charge is 0.479 e. The van der Waals surface area contributed by atoms with Crippen LogP contribution in [-0.2, 0) is 128 Å². The lowest BCUT2D eigenvalue weighted by Gasteiger charge is -2.52. The van der Waals surface area contributed by atoms with Crippen molar-refractivity contribution in [3.8, 4) is 0 Å². The normalized spacial score (nSPS) is 48.9. The summed E-state index contributed by atoms with van der Waals surface area (Å²) in [5, 5.41) is 339. The Morgan fingerprint density at radius 1 is 0.226 bits per heavy atom. The highest BCUT2D eigenvalue weighted by atomic mass is 16.8. The molecule has 0 bridgehead atoms. The van der Waals surface area contributed by atoms with Crippen LogP contribution in [0.15, 0.2) is 0 Å². The molecule has 11 heterocycles. The smallest absolute Gasteiger partial charge is 0.335 e. The maximum absolute atomic E-state index is 13.4. The minimum absolute atomic E-state index is 0.869. The van der Waals surface area contributed by atoms with Gasteiger partial charge in [0.1, 0.15) is 256 Å². The molecule has 0 saturated carbocycles. The van der Waals surface area contributed by atoms with Crippen LogP contribution in [0.3, 0.4) is 0 Å². The molecule has 61 heteroatoms. The molecule has 790 valence electrons. The Labute approximate surface area is 774 Å².